The van der Waals surface area contributed by atoms with Gasteiger partial charge in [0.25, 0.3) is 0 Å². The monoisotopic (exact) mass is 1490 g/mol. The zero-order chi connectivity index (χ0) is 73.1. The maximum atomic E-state index is 6.70. The van der Waals surface area contributed by atoms with E-state index in [1.807, 2.05) is 0 Å². The van der Waals surface area contributed by atoms with E-state index in [0.717, 1.165) is 66.5 Å². The normalized spacial score (nSPS) is 16.7. The molecule has 102 heavy (non-hydrogen) atoms. The number of benzene rings is 8. The van der Waals surface area contributed by atoms with E-state index in [4.69, 9.17) is 18.6 Å². The van der Waals surface area contributed by atoms with Gasteiger partial charge in [0.15, 0.2) is 0 Å². The number of halogens is 2. The van der Waals surface area contributed by atoms with Crippen molar-refractivity contribution in [3.05, 3.63) is 210 Å². The molecular formula is C92H118B2Br2N2O4. The molecule has 2 saturated heterocycles. The zero-order valence-corrected chi connectivity index (χ0v) is 68.6. The van der Waals surface area contributed by atoms with Gasteiger partial charge < -0.3 is 28.4 Å². The first-order valence-electron chi connectivity index (χ1n) is 39.2. The Balaban J connectivity index is 0.000000215. The Morgan fingerprint density at radius 3 is 0.863 bits per heavy atom. The number of nitrogens with zero attached hydrogens (tertiary/aromatic N) is 2. The summed E-state index contributed by atoms with van der Waals surface area (Å²) in [5, 5.41) is 0. The molecule has 6 nitrogen and oxygen atoms in total. The third-order valence-corrected chi connectivity index (χ3v) is 25.3. The number of anilines is 6. The van der Waals surface area contributed by atoms with Crippen LogP contribution in [0.1, 0.15) is 269 Å². The molecule has 2 fully saturated rings. The van der Waals surface area contributed by atoms with Crippen molar-refractivity contribution in [2.45, 2.75) is 286 Å². The molecule has 0 unspecified atom stereocenters. The molecule has 12 rings (SSSR count). The van der Waals surface area contributed by atoms with Gasteiger partial charge >= 0.3 is 14.2 Å². The second-order valence-electron chi connectivity index (χ2n) is 33.2. The van der Waals surface area contributed by atoms with E-state index in [1.165, 1.54) is 194 Å². The fourth-order valence-electron chi connectivity index (χ4n) is 15.9. The summed E-state index contributed by atoms with van der Waals surface area (Å²) in [6, 6.07) is 56.0. The Hall–Kier alpha value is -5.71. The number of rotatable bonds is 28. The van der Waals surface area contributed by atoms with E-state index in [1.54, 1.807) is 0 Å². The van der Waals surface area contributed by atoms with Crippen LogP contribution in [-0.4, -0.2) is 36.6 Å². The average Bonchev–Trinajstić information content (AvgIpc) is 1.57. The third kappa shape index (κ3) is 16.3. The summed E-state index contributed by atoms with van der Waals surface area (Å²) < 4.78 is 29.2. The van der Waals surface area contributed by atoms with Crippen LogP contribution >= 0.6 is 31.9 Å². The first-order chi connectivity index (χ1) is 48.5. The Bertz CT molecular complexity index is 4070. The number of aryl methyl sites for hydroxylation is 6. The van der Waals surface area contributed by atoms with Crippen molar-refractivity contribution in [3.8, 4) is 22.3 Å². The van der Waals surface area contributed by atoms with E-state index < -0.39 is 36.6 Å². The summed E-state index contributed by atoms with van der Waals surface area (Å²) in [5.41, 5.74) is 26.5. The Morgan fingerprint density at radius 1 is 0.294 bits per heavy atom. The second kappa shape index (κ2) is 32.2. The van der Waals surface area contributed by atoms with Crippen LogP contribution in [0.15, 0.2) is 155 Å². The van der Waals surface area contributed by atoms with Gasteiger partial charge in [-0.15, -0.1) is 0 Å². The van der Waals surface area contributed by atoms with Crippen LogP contribution < -0.4 is 20.7 Å². The minimum absolute atomic E-state index is 0.0489. The van der Waals surface area contributed by atoms with Crippen molar-refractivity contribution in [3.63, 3.8) is 0 Å². The van der Waals surface area contributed by atoms with Crippen LogP contribution in [-0.2, 0) is 55.1 Å². The van der Waals surface area contributed by atoms with Crippen molar-refractivity contribution in [1.29, 1.82) is 0 Å². The van der Waals surface area contributed by atoms with E-state index in [0.29, 0.717) is 0 Å². The predicted octanol–water partition coefficient (Wildman–Crippen LogP) is 26.2. The highest BCUT2D eigenvalue weighted by Gasteiger charge is 2.54. The first kappa shape index (κ1) is 77.4. The van der Waals surface area contributed by atoms with E-state index in [2.05, 4.69) is 312 Å². The lowest BCUT2D eigenvalue weighted by Gasteiger charge is -2.32. The highest BCUT2D eigenvalue weighted by Crippen LogP contribution is 2.54. The topological polar surface area (TPSA) is 43.4 Å². The lowest BCUT2D eigenvalue weighted by atomic mass is 9.74. The van der Waals surface area contributed by atoms with Crippen LogP contribution in [0.25, 0.3) is 22.3 Å². The summed E-state index contributed by atoms with van der Waals surface area (Å²) in [5.74, 6) is 0. The molecule has 0 N–H and O–H groups in total. The molecule has 8 aromatic carbocycles. The standard InChI is InChI=1S/C52H71B2NO4.C40H47Br2N/c1-14-16-18-20-22-37-33-39(26-30-46(37)53-56-49(6,7)50(8,9)57-53)55(41-25-29-43-42-28-24-36(3)32-44(42)48(4,5)45(43)35-41)40-27-31-47(38(34-40)23-21-19-17-15-2)54-58-51(10,11)52(12,13)59-54;1-6-8-10-12-14-29-25-31(18-22-38(29)41)43(32-19-23-39(42)30(26-32)15-13-11-9-7-2)33-17-21-35-34-20-16-28(3)24-36(34)40(4,5)37(35)27-33/h24-35H,14-23H2,1-13H3;16-27H,6-15H2,1-5H3. The largest absolute Gasteiger partial charge is 0.495 e. The smallest absolute Gasteiger partial charge is 0.399 e. The van der Waals surface area contributed by atoms with Crippen molar-refractivity contribution in [1.82, 2.24) is 0 Å². The average molecular weight is 1500 g/mol. The van der Waals surface area contributed by atoms with Crippen LogP contribution in [0, 0.1) is 13.8 Å². The van der Waals surface area contributed by atoms with Gasteiger partial charge in [-0.3, -0.25) is 0 Å². The Morgan fingerprint density at radius 2 is 0.549 bits per heavy atom. The molecule has 2 heterocycles. The molecule has 2 aliphatic heterocycles. The van der Waals surface area contributed by atoms with Gasteiger partial charge in [-0.05, 0) is 283 Å². The SMILES string of the molecule is CCCCCCc1cc(N(c2ccc(B3OC(C)(C)C(C)(C)O3)c(CCCCCC)c2)c2ccc3c(c2)C(C)(C)c2cc(C)ccc2-3)ccc1B1OC(C)(C)C(C)(C)O1.CCCCCCc1cc(N(c2ccc(Br)c(CCCCCC)c2)c2ccc3c(c2)C(C)(C)c2cc(C)ccc2-3)ccc1Br. The van der Waals surface area contributed by atoms with Gasteiger partial charge in [0.1, 0.15) is 0 Å². The molecule has 0 atom stereocenters. The summed E-state index contributed by atoms with van der Waals surface area (Å²) in [7, 11) is -0.833. The molecule has 0 amide bonds. The number of hydrogen-bond acceptors (Lipinski definition) is 6. The van der Waals surface area contributed by atoms with E-state index in [-0.39, 0.29) is 10.8 Å². The molecule has 0 bridgehead atoms. The summed E-state index contributed by atoms with van der Waals surface area (Å²) in [6.45, 7) is 40.2. The molecule has 0 spiro atoms. The highest BCUT2D eigenvalue weighted by atomic mass is 79.9. The summed E-state index contributed by atoms with van der Waals surface area (Å²) >= 11 is 7.75. The van der Waals surface area contributed by atoms with Gasteiger partial charge in [-0.2, -0.15) is 0 Å². The molecule has 540 valence electrons. The van der Waals surface area contributed by atoms with Crippen LogP contribution in [0.2, 0.25) is 0 Å². The fourth-order valence-corrected chi connectivity index (χ4v) is 16.8. The molecule has 8 aromatic rings. The van der Waals surface area contributed by atoms with Crippen LogP contribution in [0.3, 0.4) is 0 Å². The molecule has 0 saturated carbocycles. The zero-order valence-electron chi connectivity index (χ0n) is 65.4. The second-order valence-corrected chi connectivity index (χ2v) is 34.9. The number of hydrogen-bond donors (Lipinski definition) is 0. The fraction of sp³-hybridized carbons (Fsp3) is 0.478. The maximum Gasteiger partial charge on any atom is 0.495 e. The summed E-state index contributed by atoms with van der Waals surface area (Å²) in [4.78, 5) is 4.96. The van der Waals surface area contributed by atoms with Gasteiger partial charge in [-0.25, -0.2) is 0 Å². The van der Waals surface area contributed by atoms with E-state index >= 15 is 0 Å². The number of unbranched alkanes of at least 4 members (excludes halogenated alkanes) is 12. The van der Waals surface area contributed by atoms with Crippen molar-refractivity contribution >= 4 is 91.1 Å². The predicted molar refractivity (Wildman–Crippen MR) is 445 cm³/mol. The van der Waals surface area contributed by atoms with Crippen molar-refractivity contribution in [2.24, 2.45) is 0 Å². The maximum absolute atomic E-state index is 6.70. The van der Waals surface area contributed by atoms with Crippen LogP contribution in [0.4, 0.5) is 34.1 Å². The molecular weight excluding hydrogens is 1380 g/mol. The van der Waals surface area contributed by atoms with Gasteiger partial charge in [0.05, 0.1) is 22.4 Å². The minimum Gasteiger partial charge on any atom is -0.399 e. The van der Waals surface area contributed by atoms with Gasteiger partial charge in [0.2, 0.25) is 0 Å². The molecule has 10 heteroatoms. The highest BCUT2D eigenvalue weighted by molar-refractivity contribution is 9.10. The quantitative estimate of drug-likeness (QED) is 0.0360. The molecule has 0 aromatic heterocycles. The molecule has 2 aliphatic carbocycles. The molecule has 4 aliphatic rings. The van der Waals surface area contributed by atoms with Crippen molar-refractivity contribution < 1.29 is 18.6 Å². The van der Waals surface area contributed by atoms with Gasteiger partial charge in [-0.1, -0.05) is 236 Å². The third-order valence-electron chi connectivity index (χ3n) is 23.7. The lowest BCUT2D eigenvalue weighted by Crippen LogP contribution is -2.41. The summed E-state index contributed by atoms with van der Waals surface area (Å²) in [6.07, 6.45) is 23.8. The van der Waals surface area contributed by atoms with E-state index in [9.17, 15) is 0 Å². The molecule has 0 radical (unpaired) electrons. The number of fused-ring (bicyclic) bond motifs is 6. The first-order valence-corrected chi connectivity index (χ1v) is 40.8. The van der Waals surface area contributed by atoms with Crippen molar-refractivity contribution in [2.75, 3.05) is 9.80 Å². The van der Waals surface area contributed by atoms with Crippen LogP contribution in [0.5, 0.6) is 0 Å². The minimum atomic E-state index is -0.416. The Labute approximate surface area is 633 Å². The lowest BCUT2D eigenvalue weighted by molar-refractivity contribution is 0.00578. The van der Waals surface area contributed by atoms with Gasteiger partial charge in [0, 0.05) is 53.9 Å². The Kier molecular flexibility index (Phi) is 24.4.